The van der Waals surface area contributed by atoms with Crippen LogP contribution in [0.3, 0.4) is 0 Å². The molecular formula is C21H26N2O6S. The summed E-state index contributed by atoms with van der Waals surface area (Å²) in [5, 5.41) is 2.73. The van der Waals surface area contributed by atoms with E-state index in [9.17, 15) is 18.0 Å². The van der Waals surface area contributed by atoms with Gasteiger partial charge >= 0.3 is 5.97 Å². The summed E-state index contributed by atoms with van der Waals surface area (Å²) in [6.45, 7) is 7.24. The fourth-order valence-electron chi connectivity index (χ4n) is 2.44. The Kier molecular flexibility index (Phi) is 8.08. The minimum atomic E-state index is -3.95. The molecule has 1 aromatic carbocycles. The van der Waals surface area contributed by atoms with E-state index in [0.29, 0.717) is 0 Å². The average molecular weight is 435 g/mol. The van der Waals surface area contributed by atoms with Crippen LogP contribution in [0, 0.1) is 12.8 Å². The third-order valence-electron chi connectivity index (χ3n) is 4.34. The van der Waals surface area contributed by atoms with Gasteiger partial charge in [0.05, 0.1) is 29.7 Å². The first kappa shape index (κ1) is 23.5. The number of pyridine rings is 1. The molecule has 2 rings (SSSR count). The summed E-state index contributed by atoms with van der Waals surface area (Å²) in [6.07, 6.45) is 1.26. The number of aryl methyl sites for hydroxylation is 1. The molecule has 0 radical (unpaired) electrons. The molecule has 0 saturated carbocycles. The standard InChI is InChI=1S/C21H26N2O6S/c1-5-28-21(25)16-8-11-18(22-12-16)20(24)23-19(14(2)3)13-29-30(26,27)17-9-6-15(4)7-10-17/h6-12,14,19H,5,13H2,1-4H3,(H,23,24)/t19-/m1/s1. The van der Waals surface area contributed by atoms with Crippen molar-refractivity contribution < 1.29 is 26.9 Å². The zero-order valence-corrected chi connectivity index (χ0v) is 18.2. The van der Waals surface area contributed by atoms with E-state index in [2.05, 4.69) is 10.3 Å². The zero-order valence-electron chi connectivity index (χ0n) is 17.4. The third-order valence-corrected chi connectivity index (χ3v) is 5.64. The van der Waals surface area contributed by atoms with E-state index in [1.165, 1.54) is 30.5 Å². The fourth-order valence-corrected chi connectivity index (χ4v) is 3.37. The van der Waals surface area contributed by atoms with Crippen LogP contribution in [0.4, 0.5) is 0 Å². The van der Waals surface area contributed by atoms with Crippen LogP contribution < -0.4 is 5.32 Å². The molecule has 0 aliphatic rings. The maximum atomic E-state index is 12.5. The number of nitrogens with one attached hydrogen (secondary N) is 1. The second-order valence-corrected chi connectivity index (χ2v) is 8.64. The number of amides is 1. The Balaban J connectivity index is 2.03. The van der Waals surface area contributed by atoms with Crippen molar-refractivity contribution in [1.29, 1.82) is 0 Å². The Bertz CT molecular complexity index is 970. The second kappa shape index (κ2) is 10.3. The monoisotopic (exact) mass is 434 g/mol. The van der Waals surface area contributed by atoms with Gasteiger partial charge in [0, 0.05) is 6.20 Å². The molecule has 1 N–H and O–H groups in total. The number of carbonyl (C=O) groups excluding carboxylic acids is 2. The van der Waals surface area contributed by atoms with Crippen LogP contribution in [0.5, 0.6) is 0 Å². The lowest BCUT2D eigenvalue weighted by Gasteiger charge is -2.22. The molecule has 0 saturated heterocycles. The molecule has 0 bridgehead atoms. The zero-order chi connectivity index (χ0) is 22.3. The molecule has 0 fully saturated rings. The van der Waals surface area contributed by atoms with Gasteiger partial charge in [-0.15, -0.1) is 0 Å². The van der Waals surface area contributed by atoms with E-state index in [1.54, 1.807) is 19.1 Å². The summed E-state index contributed by atoms with van der Waals surface area (Å²) in [6, 6.07) is 8.61. The van der Waals surface area contributed by atoms with Crippen molar-refractivity contribution in [3.63, 3.8) is 0 Å². The highest BCUT2D eigenvalue weighted by Gasteiger charge is 2.23. The van der Waals surface area contributed by atoms with E-state index in [4.69, 9.17) is 8.92 Å². The highest BCUT2D eigenvalue weighted by Crippen LogP contribution is 2.15. The van der Waals surface area contributed by atoms with Crippen LogP contribution in [0.25, 0.3) is 0 Å². The number of nitrogens with zero attached hydrogens (tertiary/aromatic N) is 1. The van der Waals surface area contributed by atoms with Crippen LogP contribution in [-0.2, 0) is 19.0 Å². The van der Waals surface area contributed by atoms with Crippen LogP contribution in [0.2, 0.25) is 0 Å². The lowest BCUT2D eigenvalue weighted by Crippen LogP contribution is -2.42. The summed E-state index contributed by atoms with van der Waals surface area (Å²) in [5.41, 5.74) is 1.26. The number of rotatable bonds is 9. The predicted molar refractivity (Wildman–Crippen MR) is 111 cm³/mol. The molecule has 0 spiro atoms. The van der Waals surface area contributed by atoms with Crippen molar-refractivity contribution in [2.75, 3.05) is 13.2 Å². The number of benzene rings is 1. The minimum absolute atomic E-state index is 0.0538. The minimum Gasteiger partial charge on any atom is -0.462 e. The second-order valence-electron chi connectivity index (χ2n) is 7.03. The van der Waals surface area contributed by atoms with Crippen molar-refractivity contribution in [3.8, 4) is 0 Å². The molecule has 0 aliphatic heterocycles. The van der Waals surface area contributed by atoms with Gasteiger partial charge in [0.2, 0.25) is 0 Å². The van der Waals surface area contributed by atoms with Gasteiger partial charge in [-0.2, -0.15) is 8.42 Å². The summed E-state index contributed by atoms with van der Waals surface area (Å²) in [4.78, 5) is 28.2. The summed E-state index contributed by atoms with van der Waals surface area (Å²) >= 11 is 0. The van der Waals surface area contributed by atoms with Crippen molar-refractivity contribution in [2.45, 2.75) is 38.6 Å². The summed E-state index contributed by atoms with van der Waals surface area (Å²) in [7, 11) is -3.95. The fraction of sp³-hybridized carbons (Fsp3) is 0.381. The van der Waals surface area contributed by atoms with Gasteiger partial charge in [0.25, 0.3) is 16.0 Å². The average Bonchev–Trinajstić information content (AvgIpc) is 2.71. The number of hydrogen-bond donors (Lipinski definition) is 1. The van der Waals surface area contributed by atoms with Crippen LogP contribution in [0.1, 0.15) is 47.2 Å². The Hall–Kier alpha value is -2.78. The van der Waals surface area contributed by atoms with E-state index in [-0.39, 0.29) is 35.3 Å². The topological polar surface area (TPSA) is 112 Å². The van der Waals surface area contributed by atoms with Crippen molar-refractivity contribution in [1.82, 2.24) is 10.3 Å². The third kappa shape index (κ3) is 6.36. The smallest absolute Gasteiger partial charge is 0.339 e. The largest absolute Gasteiger partial charge is 0.462 e. The van der Waals surface area contributed by atoms with Crippen molar-refractivity contribution in [3.05, 3.63) is 59.4 Å². The van der Waals surface area contributed by atoms with Crippen LogP contribution in [-0.4, -0.2) is 44.5 Å². The van der Waals surface area contributed by atoms with E-state index in [0.717, 1.165) is 5.56 Å². The number of aromatic nitrogens is 1. The SMILES string of the molecule is CCOC(=O)c1ccc(C(=O)N[C@H](COS(=O)(=O)c2ccc(C)cc2)C(C)C)nc1. The molecule has 30 heavy (non-hydrogen) atoms. The maximum absolute atomic E-state index is 12.5. The number of hydrogen-bond acceptors (Lipinski definition) is 7. The highest BCUT2D eigenvalue weighted by molar-refractivity contribution is 7.86. The van der Waals surface area contributed by atoms with E-state index < -0.39 is 28.0 Å². The first-order valence-electron chi connectivity index (χ1n) is 9.54. The van der Waals surface area contributed by atoms with Gasteiger partial charge in [-0.25, -0.2) is 4.79 Å². The summed E-state index contributed by atoms with van der Waals surface area (Å²) in [5.74, 6) is -1.12. The Morgan fingerprint density at radius 3 is 2.30 bits per heavy atom. The van der Waals surface area contributed by atoms with Crippen LogP contribution in [0.15, 0.2) is 47.5 Å². The van der Waals surface area contributed by atoms with Crippen molar-refractivity contribution in [2.24, 2.45) is 5.92 Å². The Morgan fingerprint density at radius 1 is 1.10 bits per heavy atom. The molecule has 162 valence electrons. The lowest BCUT2D eigenvalue weighted by molar-refractivity contribution is 0.0525. The van der Waals surface area contributed by atoms with E-state index >= 15 is 0 Å². The van der Waals surface area contributed by atoms with Gasteiger partial charge in [0.15, 0.2) is 0 Å². The van der Waals surface area contributed by atoms with Gasteiger partial charge < -0.3 is 10.1 Å². The number of ether oxygens (including phenoxy) is 1. The molecule has 1 aromatic heterocycles. The molecule has 0 unspecified atom stereocenters. The van der Waals surface area contributed by atoms with Gasteiger partial charge in [-0.3, -0.25) is 14.0 Å². The molecule has 1 heterocycles. The Morgan fingerprint density at radius 2 is 1.77 bits per heavy atom. The quantitative estimate of drug-likeness (QED) is 0.477. The molecule has 8 nitrogen and oxygen atoms in total. The molecule has 2 aromatic rings. The van der Waals surface area contributed by atoms with Gasteiger partial charge in [0.1, 0.15) is 5.69 Å². The number of esters is 1. The van der Waals surface area contributed by atoms with Gasteiger partial charge in [-0.05, 0) is 44.0 Å². The molecule has 0 aliphatic carbocycles. The first-order chi connectivity index (χ1) is 14.1. The van der Waals surface area contributed by atoms with E-state index in [1.807, 2.05) is 20.8 Å². The summed E-state index contributed by atoms with van der Waals surface area (Å²) < 4.78 is 34.8. The predicted octanol–water partition coefficient (Wildman–Crippen LogP) is 2.73. The Labute approximate surface area is 176 Å². The van der Waals surface area contributed by atoms with Gasteiger partial charge in [-0.1, -0.05) is 31.5 Å². The van der Waals surface area contributed by atoms with Crippen molar-refractivity contribution >= 4 is 22.0 Å². The molecular weight excluding hydrogens is 408 g/mol. The molecule has 1 atom stereocenters. The number of carbonyl (C=O) groups is 2. The first-order valence-corrected chi connectivity index (χ1v) is 10.9. The normalized spacial score (nSPS) is 12.4. The molecule has 1 amide bonds. The molecule has 9 heteroatoms. The highest BCUT2D eigenvalue weighted by atomic mass is 32.2. The lowest BCUT2D eigenvalue weighted by atomic mass is 10.1. The maximum Gasteiger partial charge on any atom is 0.339 e. The van der Waals surface area contributed by atoms with Crippen LogP contribution >= 0.6 is 0 Å².